The van der Waals surface area contributed by atoms with Crippen molar-refractivity contribution < 1.29 is 24.1 Å². The van der Waals surface area contributed by atoms with Gasteiger partial charge in [-0.05, 0) is 37.3 Å². The molecule has 1 saturated carbocycles. The van der Waals surface area contributed by atoms with E-state index in [1.165, 1.54) is 5.56 Å². The first-order valence-corrected chi connectivity index (χ1v) is 10.4. The molecule has 2 aliphatic heterocycles. The Morgan fingerprint density at radius 3 is 2.34 bits per heavy atom. The first kappa shape index (κ1) is 19.2. The number of fused-ring (bicyclic) bond motifs is 1. The minimum Gasteiger partial charge on any atom is -0.393 e. The largest absolute Gasteiger partial charge is 0.393 e. The van der Waals surface area contributed by atoms with E-state index in [0.29, 0.717) is 12.5 Å². The molecular formula is C24H28O5. The molecule has 0 amide bonds. The van der Waals surface area contributed by atoms with Gasteiger partial charge in [0, 0.05) is 5.92 Å². The average molecular weight is 396 g/mol. The third kappa shape index (κ3) is 3.41. The van der Waals surface area contributed by atoms with Crippen LogP contribution < -0.4 is 0 Å². The monoisotopic (exact) mass is 396 g/mol. The molecule has 3 aliphatic rings. The maximum Gasteiger partial charge on any atom is 0.190 e. The van der Waals surface area contributed by atoms with E-state index >= 15 is 0 Å². The Morgan fingerprint density at radius 2 is 1.66 bits per heavy atom. The predicted octanol–water partition coefficient (Wildman–Crippen LogP) is 3.61. The number of aliphatic hydroxyl groups excluding tert-OH is 1. The van der Waals surface area contributed by atoms with E-state index < -0.39 is 23.8 Å². The van der Waals surface area contributed by atoms with Crippen LogP contribution in [0, 0.1) is 5.92 Å². The van der Waals surface area contributed by atoms with Gasteiger partial charge in [-0.1, -0.05) is 60.7 Å². The topological polar surface area (TPSA) is 57.2 Å². The van der Waals surface area contributed by atoms with Gasteiger partial charge in [0.2, 0.25) is 0 Å². The van der Waals surface area contributed by atoms with Crippen molar-refractivity contribution in [3.63, 3.8) is 0 Å². The fourth-order valence-corrected chi connectivity index (χ4v) is 4.96. The second-order valence-corrected chi connectivity index (χ2v) is 8.78. The van der Waals surface area contributed by atoms with Crippen molar-refractivity contribution in [1.29, 1.82) is 0 Å². The molecule has 5 heteroatoms. The first-order chi connectivity index (χ1) is 14.0. The Bertz CT molecular complexity index is 839. The quantitative estimate of drug-likeness (QED) is 0.808. The van der Waals surface area contributed by atoms with Gasteiger partial charge in [-0.15, -0.1) is 0 Å². The molecule has 2 saturated heterocycles. The van der Waals surface area contributed by atoms with Gasteiger partial charge in [-0.2, -0.15) is 0 Å². The van der Waals surface area contributed by atoms with Gasteiger partial charge in [0.05, 0.1) is 13.2 Å². The lowest BCUT2D eigenvalue weighted by atomic mass is 9.88. The number of rotatable bonds is 6. The molecule has 0 aromatic heterocycles. The number of hydrogen-bond donors (Lipinski definition) is 1. The summed E-state index contributed by atoms with van der Waals surface area (Å²) < 4.78 is 25.0. The molecule has 0 radical (unpaired) electrons. The van der Waals surface area contributed by atoms with Crippen molar-refractivity contribution >= 4 is 0 Å². The molecule has 154 valence electrons. The van der Waals surface area contributed by atoms with Gasteiger partial charge in [0.15, 0.2) is 12.1 Å². The molecule has 29 heavy (non-hydrogen) atoms. The Balaban J connectivity index is 1.42. The van der Waals surface area contributed by atoms with Gasteiger partial charge < -0.3 is 24.1 Å². The molecular weight excluding hydrogens is 368 g/mol. The van der Waals surface area contributed by atoms with Crippen LogP contribution >= 0.6 is 0 Å². The molecule has 2 aromatic rings. The fourth-order valence-electron chi connectivity index (χ4n) is 4.96. The van der Waals surface area contributed by atoms with Gasteiger partial charge in [0.1, 0.15) is 17.8 Å². The fraction of sp³-hybridized carbons (Fsp3) is 0.500. The smallest absolute Gasteiger partial charge is 0.190 e. The van der Waals surface area contributed by atoms with Crippen molar-refractivity contribution in [2.45, 2.75) is 62.7 Å². The number of aliphatic hydroxyl groups is 1. The molecule has 5 rings (SSSR count). The molecule has 5 nitrogen and oxygen atoms in total. The maximum atomic E-state index is 10.5. The minimum atomic E-state index is -0.832. The van der Waals surface area contributed by atoms with E-state index in [-0.39, 0.29) is 18.6 Å². The van der Waals surface area contributed by atoms with E-state index in [9.17, 15) is 5.11 Å². The van der Waals surface area contributed by atoms with E-state index in [2.05, 4.69) is 24.3 Å². The van der Waals surface area contributed by atoms with Gasteiger partial charge in [-0.3, -0.25) is 0 Å². The summed E-state index contributed by atoms with van der Waals surface area (Å²) in [4.78, 5) is 0. The molecule has 0 bridgehead atoms. The van der Waals surface area contributed by atoms with Crippen molar-refractivity contribution in [1.82, 2.24) is 0 Å². The Kier molecular flexibility index (Phi) is 4.76. The summed E-state index contributed by atoms with van der Waals surface area (Å²) in [5.74, 6) is -0.220. The van der Waals surface area contributed by atoms with E-state index in [1.54, 1.807) is 0 Å². The molecule has 2 aromatic carbocycles. The number of ether oxygens (including phenoxy) is 4. The van der Waals surface area contributed by atoms with Crippen LogP contribution in [-0.2, 0) is 25.6 Å². The van der Waals surface area contributed by atoms with Gasteiger partial charge in [0.25, 0.3) is 0 Å². The van der Waals surface area contributed by atoms with Crippen molar-refractivity contribution in [3.8, 4) is 0 Å². The van der Waals surface area contributed by atoms with Crippen LogP contribution in [0.3, 0.4) is 0 Å². The zero-order valence-corrected chi connectivity index (χ0v) is 16.9. The molecule has 1 aliphatic carbocycles. The van der Waals surface area contributed by atoms with Crippen molar-refractivity contribution in [2.75, 3.05) is 6.61 Å². The standard InChI is InChI=1S/C24H28O5/c1-23(2)27-20-21(26-14-16-9-5-3-6-10-16)24(15-25,29-22(20)28-23)19-13-18(19)17-11-7-4-8-12-17/h3-12,18-22,25H,13-15H2,1-2H3/t18-,19-,20-,21-,22+,24-/m1/s1. The highest BCUT2D eigenvalue weighted by molar-refractivity contribution is 5.30. The van der Waals surface area contributed by atoms with E-state index in [1.807, 2.05) is 50.2 Å². The molecule has 0 spiro atoms. The lowest BCUT2D eigenvalue weighted by Gasteiger charge is -2.36. The van der Waals surface area contributed by atoms with Crippen molar-refractivity contribution in [2.24, 2.45) is 5.92 Å². The predicted molar refractivity (Wildman–Crippen MR) is 107 cm³/mol. The normalized spacial score (nSPS) is 37.4. The third-order valence-corrected chi connectivity index (χ3v) is 6.37. The molecule has 3 fully saturated rings. The van der Waals surface area contributed by atoms with Gasteiger partial charge >= 0.3 is 0 Å². The Morgan fingerprint density at radius 1 is 0.966 bits per heavy atom. The second-order valence-electron chi connectivity index (χ2n) is 8.78. The SMILES string of the molecule is CC1(C)O[C@H]2O[C@](CO)([C@@H]3C[C@@H]3c3ccccc3)[C@H](OCc3ccccc3)[C@H]2O1. The van der Waals surface area contributed by atoms with Crippen LogP contribution in [0.1, 0.15) is 37.3 Å². The maximum absolute atomic E-state index is 10.5. The summed E-state index contributed by atoms with van der Waals surface area (Å²) in [7, 11) is 0. The van der Waals surface area contributed by atoms with Crippen molar-refractivity contribution in [3.05, 3.63) is 71.8 Å². The number of benzene rings is 2. The summed E-state index contributed by atoms with van der Waals surface area (Å²) in [5, 5.41) is 10.5. The summed E-state index contributed by atoms with van der Waals surface area (Å²) in [6.45, 7) is 4.08. The summed E-state index contributed by atoms with van der Waals surface area (Å²) >= 11 is 0. The average Bonchev–Trinajstić information content (AvgIpc) is 3.41. The highest BCUT2D eigenvalue weighted by atomic mass is 16.8. The van der Waals surface area contributed by atoms with Crippen LogP contribution in [0.5, 0.6) is 0 Å². The Labute approximate surface area is 171 Å². The van der Waals surface area contributed by atoms with Crippen LogP contribution in [0.25, 0.3) is 0 Å². The lowest BCUT2D eigenvalue weighted by molar-refractivity contribution is -0.256. The minimum absolute atomic E-state index is 0.124. The van der Waals surface area contributed by atoms with E-state index in [0.717, 1.165) is 12.0 Å². The van der Waals surface area contributed by atoms with Crippen LogP contribution in [0.15, 0.2) is 60.7 Å². The third-order valence-electron chi connectivity index (χ3n) is 6.37. The van der Waals surface area contributed by atoms with Gasteiger partial charge in [-0.25, -0.2) is 0 Å². The molecule has 6 atom stereocenters. The molecule has 0 unspecified atom stereocenters. The summed E-state index contributed by atoms with van der Waals surface area (Å²) in [5.41, 5.74) is 1.52. The highest BCUT2D eigenvalue weighted by Gasteiger charge is 2.69. The first-order valence-electron chi connectivity index (χ1n) is 10.4. The lowest BCUT2D eigenvalue weighted by Crippen LogP contribution is -2.51. The highest BCUT2D eigenvalue weighted by Crippen LogP contribution is 2.60. The number of hydrogen-bond acceptors (Lipinski definition) is 5. The Hall–Kier alpha value is -1.76. The van der Waals surface area contributed by atoms with Crippen LogP contribution in [0.2, 0.25) is 0 Å². The zero-order valence-electron chi connectivity index (χ0n) is 16.9. The summed E-state index contributed by atoms with van der Waals surface area (Å²) in [6, 6.07) is 20.5. The second kappa shape index (κ2) is 7.18. The van der Waals surface area contributed by atoms with Crippen LogP contribution in [0.4, 0.5) is 0 Å². The van der Waals surface area contributed by atoms with Crippen LogP contribution in [-0.4, -0.2) is 41.6 Å². The summed E-state index contributed by atoms with van der Waals surface area (Å²) in [6.07, 6.45) is -0.343. The molecule has 1 N–H and O–H groups in total. The zero-order chi connectivity index (χ0) is 20.1. The molecule has 2 heterocycles. The van der Waals surface area contributed by atoms with E-state index in [4.69, 9.17) is 18.9 Å².